The highest BCUT2D eigenvalue weighted by Crippen LogP contribution is 2.15. The van der Waals surface area contributed by atoms with Gasteiger partial charge in [-0.3, -0.25) is 9.36 Å². The van der Waals surface area contributed by atoms with Gasteiger partial charge in [-0.15, -0.1) is 0 Å². The number of carbonyl (C=O) groups is 1. The van der Waals surface area contributed by atoms with Gasteiger partial charge in [0.2, 0.25) is 0 Å². The van der Waals surface area contributed by atoms with Crippen LogP contribution in [-0.4, -0.2) is 22.1 Å². The van der Waals surface area contributed by atoms with E-state index >= 15 is 0 Å². The fourth-order valence-corrected chi connectivity index (χ4v) is 2.86. The van der Waals surface area contributed by atoms with Gasteiger partial charge in [0, 0.05) is 22.7 Å². The Bertz CT molecular complexity index is 959. The molecule has 0 aliphatic carbocycles. The van der Waals surface area contributed by atoms with Crippen LogP contribution < -0.4 is 15.7 Å². The first-order valence-corrected chi connectivity index (χ1v) is 9.50. The molecule has 1 N–H and O–H groups in total. The lowest BCUT2D eigenvalue weighted by Crippen LogP contribution is -2.28. The summed E-state index contributed by atoms with van der Waals surface area (Å²) in [6.45, 7) is 0.691. The summed E-state index contributed by atoms with van der Waals surface area (Å²) in [6.07, 6.45) is 1.68. The summed E-state index contributed by atoms with van der Waals surface area (Å²) >= 11 is 3.38. The smallest absolute Gasteiger partial charge is 0.349 e. The van der Waals surface area contributed by atoms with Crippen molar-refractivity contribution in [1.29, 1.82) is 0 Å². The molecule has 0 spiro atoms. The first kappa shape index (κ1) is 18.8. The van der Waals surface area contributed by atoms with E-state index in [1.807, 2.05) is 36.4 Å². The van der Waals surface area contributed by atoms with Crippen LogP contribution in [0.5, 0.6) is 5.75 Å². The van der Waals surface area contributed by atoms with Crippen molar-refractivity contribution < 1.29 is 9.53 Å². The number of nitrogens with one attached hydrogen (secondary N) is 1. The topological polar surface area (TPSA) is 73.2 Å². The summed E-state index contributed by atoms with van der Waals surface area (Å²) in [5, 5.41) is 3.15. The molecule has 0 aliphatic heterocycles. The molecule has 1 amide bonds. The first-order valence-electron chi connectivity index (χ1n) is 8.38. The van der Waals surface area contributed by atoms with Crippen LogP contribution in [0, 0.1) is 0 Å². The van der Waals surface area contributed by atoms with Crippen LogP contribution in [0.2, 0.25) is 0 Å². The normalized spacial score (nSPS) is 10.4. The van der Waals surface area contributed by atoms with Gasteiger partial charge in [-0.1, -0.05) is 52.3 Å². The monoisotopic (exact) mass is 427 g/mol. The predicted molar refractivity (Wildman–Crippen MR) is 107 cm³/mol. The van der Waals surface area contributed by atoms with Crippen molar-refractivity contribution in [2.45, 2.75) is 11.9 Å². The molecule has 0 unspecified atom stereocenters. The lowest BCUT2D eigenvalue weighted by Gasteiger charge is -2.12. The van der Waals surface area contributed by atoms with E-state index in [9.17, 15) is 9.59 Å². The van der Waals surface area contributed by atoms with Gasteiger partial charge in [0.15, 0.2) is 0 Å². The minimum absolute atomic E-state index is 0.256. The van der Waals surface area contributed by atoms with E-state index < -0.39 is 5.69 Å². The zero-order valence-corrected chi connectivity index (χ0v) is 16.1. The number of ether oxygens (including phenoxy) is 1. The number of rotatable bonds is 7. The van der Waals surface area contributed by atoms with Crippen molar-refractivity contribution in [2.75, 3.05) is 11.9 Å². The van der Waals surface area contributed by atoms with Crippen LogP contribution in [0.25, 0.3) is 0 Å². The number of amides is 1. The molecule has 0 radical (unpaired) electrons. The molecule has 7 heteroatoms. The van der Waals surface area contributed by atoms with E-state index in [4.69, 9.17) is 4.74 Å². The van der Waals surface area contributed by atoms with Crippen LogP contribution >= 0.6 is 15.9 Å². The highest BCUT2D eigenvalue weighted by atomic mass is 79.9. The fraction of sp³-hybridized carbons (Fsp3) is 0.150. The quantitative estimate of drug-likeness (QED) is 0.585. The Hall–Kier alpha value is -2.93. The maximum absolute atomic E-state index is 12.3. The van der Waals surface area contributed by atoms with Crippen LogP contribution in [0.15, 0.2) is 71.7 Å². The van der Waals surface area contributed by atoms with Crippen molar-refractivity contribution in [1.82, 2.24) is 9.55 Å². The molecule has 0 fully saturated rings. The molecule has 138 valence electrons. The van der Waals surface area contributed by atoms with Gasteiger partial charge < -0.3 is 10.1 Å². The molecule has 6 nitrogen and oxygen atoms in total. The molecule has 2 aromatic carbocycles. The number of alkyl halides is 1. The van der Waals surface area contributed by atoms with E-state index in [-0.39, 0.29) is 11.7 Å². The molecule has 1 aromatic heterocycles. The molecule has 0 bridgehead atoms. The number of para-hydroxylation sites is 1. The Labute approximate surface area is 165 Å². The average Bonchev–Trinajstić information content (AvgIpc) is 2.71. The molecule has 27 heavy (non-hydrogen) atoms. The summed E-state index contributed by atoms with van der Waals surface area (Å²) in [4.78, 5) is 28.6. The Morgan fingerprint density at radius 3 is 2.41 bits per heavy atom. The van der Waals surface area contributed by atoms with E-state index in [0.29, 0.717) is 29.6 Å². The van der Waals surface area contributed by atoms with E-state index in [1.165, 1.54) is 4.57 Å². The molecular weight excluding hydrogens is 410 g/mol. The number of nitrogens with zero attached hydrogens (tertiary/aromatic N) is 2. The van der Waals surface area contributed by atoms with Gasteiger partial charge in [-0.2, -0.15) is 4.98 Å². The molecule has 3 aromatic rings. The van der Waals surface area contributed by atoms with Crippen molar-refractivity contribution in [3.8, 4) is 5.75 Å². The van der Waals surface area contributed by atoms with Crippen molar-refractivity contribution in [3.05, 3.63) is 88.5 Å². The fourth-order valence-electron chi connectivity index (χ4n) is 2.45. The van der Waals surface area contributed by atoms with Gasteiger partial charge in [-0.05, 0) is 24.3 Å². The summed E-state index contributed by atoms with van der Waals surface area (Å²) in [5.41, 5.74) is 0.763. The summed E-state index contributed by atoms with van der Waals surface area (Å²) in [5.74, 6) is 0.687. The second kappa shape index (κ2) is 9.14. The van der Waals surface area contributed by atoms with Gasteiger partial charge in [0.05, 0.1) is 6.54 Å². The van der Waals surface area contributed by atoms with E-state index in [0.717, 1.165) is 5.75 Å². The standard InChI is InChI=1S/C20H18BrN3O3/c21-13-16-14-24(11-12-27-17-9-5-2-6-10-17)20(26)23-18(16)22-19(25)15-7-3-1-4-8-15/h1-10,14H,11-13H2,(H,22,23,25,26). The van der Waals surface area contributed by atoms with Crippen molar-refractivity contribution in [2.24, 2.45) is 0 Å². The van der Waals surface area contributed by atoms with Gasteiger partial charge >= 0.3 is 5.69 Å². The lowest BCUT2D eigenvalue weighted by atomic mass is 10.2. The Kier molecular flexibility index (Phi) is 6.38. The number of anilines is 1. The minimum Gasteiger partial charge on any atom is -0.492 e. The third kappa shape index (κ3) is 5.04. The molecule has 0 aliphatic rings. The van der Waals surface area contributed by atoms with Gasteiger partial charge in [0.1, 0.15) is 18.2 Å². The summed E-state index contributed by atoms with van der Waals surface area (Å²) in [6, 6.07) is 18.2. The number of hydrogen-bond acceptors (Lipinski definition) is 4. The van der Waals surface area contributed by atoms with E-state index in [1.54, 1.807) is 30.5 Å². The highest BCUT2D eigenvalue weighted by molar-refractivity contribution is 9.08. The average molecular weight is 428 g/mol. The summed E-state index contributed by atoms with van der Waals surface area (Å²) < 4.78 is 7.09. The van der Waals surface area contributed by atoms with Crippen LogP contribution in [0.4, 0.5) is 5.82 Å². The number of halogens is 1. The van der Waals surface area contributed by atoms with E-state index in [2.05, 4.69) is 26.2 Å². The Morgan fingerprint density at radius 2 is 1.74 bits per heavy atom. The maximum Gasteiger partial charge on any atom is 0.349 e. The van der Waals surface area contributed by atoms with Gasteiger partial charge in [-0.25, -0.2) is 4.79 Å². The molecule has 3 rings (SSSR count). The molecule has 0 atom stereocenters. The van der Waals surface area contributed by atoms with Crippen LogP contribution in [0.3, 0.4) is 0 Å². The van der Waals surface area contributed by atoms with Crippen molar-refractivity contribution >= 4 is 27.7 Å². The SMILES string of the molecule is O=C(Nc1nc(=O)n(CCOc2ccccc2)cc1CBr)c1ccccc1. The minimum atomic E-state index is -0.445. The number of hydrogen-bond donors (Lipinski definition) is 1. The first-order chi connectivity index (χ1) is 13.2. The molecular formula is C20H18BrN3O3. The zero-order chi connectivity index (χ0) is 19.1. The second-order valence-electron chi connectivity index (χ2n) is 5.71. The van der Waals surface area contributed by atoms with Gasteiger partial charge in [0.25, 0.3) is 5.91 Å². The zero-order valence-electron chi connectivity index (χ0n) is 14.5. The predicted octanol–water partition coefficient (Wildman–Crippen LogP) is 3.47. The Morgan fingerprint density at radius 1 is 1.07 bits per heavy atom. The van der Waals surface area contributed by atoms with Crippen LogP contribution in [-0.2, 0) is 11.9 Å². The number of carbonyl (C=O) groups excluding carboxylic acids is 1. The lowest BCUT2D eigenvalue weighted by molar-refractivity contribution is 0.102. The maximum atomic E-state index is 12.3. The Balaban J connectivity index is 1.71. The van der Waals surface area contributed by atoms with Crippen LogP contribution in [0.1, 0.15) is 15.9 Å². The molecule has 0 saturated heterocycles. The molecule has 0 saturated carbocycles. The van der Waals surface area contributed by atoms with Crippen molar-refractivity contribution in [3.63, 3.8) is 0 Å². The number of benzene rings is 2. The third-order valence-corrected chi connectivity index (χ3v) is 4.43. The highest BCUT2D eigenvalue weighted by Gasteiger charge is 2.12. The number of aromatic nitrogens is 2. The molecule has 1 heterocycles. The largest absolute Gasteiger partial charge is 0.492 e. The summed E-state index contributed by atoms with van der Waals surface area (Å²) in [7, 11) is 0. The second-order valence-corrected chi connectivity index (χ2v) is 6.27. The third-order valence-electron chi connectivity index (χ3n) is 3.82.